The van der Waals surface area contributed by atoms with E-state index in [0.717, 1.165) is 28.6 Å². The fourth-order valence-corrected chi connectivity index (χ4v) is 2.37. The number of aliphatic hydroxyl groups is 1. The zero-order valence-electron chi connectivity index (χ0n) is 12.1. The lowest BCUT2D eigenvalue weighted by Crippen LogP contribution is -2.28. The SMILES string of the molecule is CCC(O)CCNC(=O)Cc1c(C)[nH]c2ccccc12. The van der Waals surface area contributed by atoms with Gasteiger partial charge in [-0.3, -0.25) is 4.79 Å². The van der Waals surface area contributed by atoms with E-state index in [1.165, 1.54) is 0 Å². The Balaban J connectivity index is 1.98. The van der Waals surface area contributed by atoms with Crippen molar-refractivity contribution in [3.8, 4) is 0 Å². The Morgan fingerprint density at radius 2 is 2.15 bits per heavy atom. The van der Waals surface area contributed by atoms with Crippen molar-refractivity contribution < 1.29 is 9.90 Å². The van der Waals surface area contributed by atoms with E-state index in [4.69, 9.17) is 0 Å². The number of rotatable bonds is 6. The Hall–Kier alpha value is -1.81. The van der Waals surface area contributed by atoms with E-state index in [2.05, 4.69) is 10.3 Å². The van der Waals surface area contributed by atoms with Gasteiger partial charge in [0.05, 0.1) is 12.5 Å². The fraction of sp³-hybridized carbons (Fsp3) is 0.438. The summed E-state index contributed by atoms with van der Waals surface area (Å²) < 4.78 is 0. The van der Waals surface area contributed by atoms with Crippen molar-refractivity contribution >= 4 is 16.8 Å². The van der Waals surface area contributed by atoms with Crippen LogP contribution < -0.4 is 5.32 Å². The monoisotopic (exact) mass is 274 g/mol. The van der Waals surface area contributed by atoms with Gasteiger partial charge >= 0.3 is 0 Å². The minimum atomic E-state index is -0.329. The average molecular weight is 274 g/mol. The summed E-state index contributed by atoms with van der Waals surface area (Å²) in [4.78, 5) is 15.3. The highest BCUT2D eigenvalue weighted by molar-refractivity contribution is 5.90. The van der Waals surface area contributed by atoms with Crippen molar-refractivity contribution in [1.82, 2.24) is 10.3 Å². The normalized spacial score (nSPS) is 12.6. The first-order valence-corrected chi connectivity index (χ1v) is 7.12. The zero-order valence-corrected chi connectivity index (χ0v) is 12.1. The van der Waals surface area contributed by atoms with Gasteiger partial charge in [0.2, 0.25) is 5.91 Å². The Bertz CT molecular complexity index is 589. The lowest BCUT2D eigenvalue weighted by Gasteiger charge is -2.09. The van der Waals surface area contributed by atoms with Gasteiger partial charge in [0.25, 0.3) is 0 Å². The number of hydrogen-bond acceptors (Lipinski definition) is 2. The third-order valence-electron chi connectivity index (χ3n) is 3.64. The number of para-hydroxylation sites is 1. The molecule has 3 N–H and O–H groups in total. The minimum absolute atomic E-state index is 0.00107. The second-order valence-electron chi connectivity index (χ2n) is 5.15. The van der Waals surface area contributed by atoms with Gasteiger partial charge in [-0.25, -0.2) is 0 Å². The van der Waals surface area contributed by atoms with Crippen molar-refractivity contribution in [2.24, 2.45) is 0 Å². The Kier molecular flexibility index (Phi) is 4.79. The highest BCUT2D eigenvalue weighted by atomic mass is 16.3. The number of aryl methyl sites for hydroxylation is 1. The van der Waals surface area contributed by atoms with Crippen molar-refractivity contribution in [3.63, 3.8) is 0 Å². The largest absolute Gasteiger partial charge is 0.393 e. The Morgan fingerprint density at radius 3 is 2.90 bits per heavy atom. The number of hydrogen-bond donors (Lipinski definition) is 3. The number of carbonyl (C=O) groups excluding carboxylic acids is 1. The predicted octanol–water partition coefficient (Wildman–Crippen LogP) is 2.30. The van der Waals surface area contributed by atoms with Gasteiger partial charge < -0.3 is 15.4 Å². The molecule has 1 heterocycles. The molecule has 1 aromatic carbocycles. The molecule has 0 radical (unpaired) electrons. The van der Waals surface area contributed by atoms with Crippen LogP contribution in [0.2, 0.25) is 0 Å². The summed E-state index contributed by atoms with van der Waals surface area (Å²) in [6.45, 7) is 4.44. The number of aliphatic hydroxyl groups excluding tert-OH is 1. The van der Waals surface area contributed by atoms with E-state index < -0.39 is 0 Å². The molecule has 0 fully saturated rings. The molecule has 0 saturated heterocycles. The van der Waals surface area contributed by atoms with Crippen LogP contribution in [0.4, 0.5) is 0 Å². The molecular formula is C16H22N2O2. The van der Waals surface area contributed by atoms with Crippen LogP contribution >= 0.6 is 0 Å². The van der Waals surface area contributed by atoms with Gasteiger partial charge in [0, 0.05) is 23.1 Å². The molecule has 4 nitrogen and oxygen atoms in total. The highest BCUT2D eigenvalue weighted by Gasteiger charge is 2.12. The van der Waals surface area contributed by atoms with Gasteiger partial charge in [-0.1, -0.05) is 25.1 Å². The van der Waals surface area contributed by atoms with Crippen LogP contribution in [0, 0.1) is 6.92 Å². The summed E-state index contributed by atoms with van der Waals surface area (Å²) in [5.41, 5.74) is 3.15. The highest BCUT2D eigenvalue weighted by Crippen LogP contribution is 2.22. The zero-order chi connectivity index (χ0) is 14.5. The topological polar surface area (TPSA) is 65.1 Å². The molecule has 20 heavy (non-hydrogen) atoms. The maximum absolute atomic E-state index is 12.0. The molecule has 0 saturated carbocycles. The van der Waals surface area contributed by atoms with E-state index in [1.54, 1.807) is 0 Å². The molecule has 108 valence electrons. The number of benzene rings is 1. The number of H-pyrrole nitrogens is 1. The van der Waals surface area contributed by atoms with Crippen LogP contribution in [0.5, 0.6) is 0 Å². The molecule has 1 aromatic heterocycles. The Labute approximate surface area is 119 Å². The smallest absolute Gasteiger partial charge is 0.224 e. The van der Waals surface area contributed by atoms with Crippen LogP contribution in [0.1, 0.15) is 31.0 Å². The van der Waals surface area contributed by atoms with Crippen molar-refractivity contribution in [3.05, 3.63) is 35.5 Å². The van der Waals surface area contributed by atoms with Crippen LogP contribution in [0.15, 0.2) is 24.3 Å². The molecular weight excluding hydrogens is 252 g/mol. The van der Waals surface area contributed by atoms with Gasteiger partial charge in [-0.2, -0.15) is 0 Å². The molecule has 0 aliphatic heterocycles. The maximum Gasteiger partial charge on any atom is 0.224 e. The van der Waals surface area contributed by atoms with Gasteiger partial charge in [0.1, 0.15) is 0 Å². The number of fused-ring (bicyclic) bond motifs is 1. The molecule has 0 spiro atoms. The third-order valence-corrected chi connectivity index (χ3v) is 3.64. The van der Waals surface area contributed by atoms with Crippen LogP contribution in [-0.4, -0.2) is 28.6 Å². The van der Waals surface area contributed by atoms with Crippen LogP contribution in [-0.2, 0) is 11.2 Å². The van der Waals surface area contributed by atoms with E-state index >= 15 is 0 Å². The summed E-state index contributed by atoms with van der Waals surface area (Å²) in [5.74, 6) is 0.00107. The molecule has 2 rings (SSSR count). The number of aromatic amines is 1. The lowest BCUT2D eigenvalue weighted by atomic mass is 10.1. The summed E-state index contributed by atoms with van der Waals surface area (Å²) in [6.07, 6.45) is 1.37. The molecule has 0 aliphatic carbocycles. The minimum Gasteiger partial charge on any atom is -0.393 e. The average Bonchev–Trinajstić information content (AvgIpc) is 2.75. The summed E-state index contributed by atoms with van der Waals surface area (Å²) in [6, 6.07) is 8.01. The summed E-state index contributed by atoms with van der Waals surface area (Å²) in [7, 11) is 0. The lowest BCUT2D eigenvalue weighted by molar-refractivity contribution is -0.120. The standard InChI is InChI=1S/C16H22N2O2/c1-3-12(19)8-9-17-16(20)10-14-11(2)18-15-7-5-4-6-13(14)15/h4-7,12,18-19H,3,8-10H2,1-2H3,(H,17,20). The third kappa shape index (κ3) is 3.39. The molecule has 1 amide bonds. The van der Waals surface area contributed by atoms with E-state index in [-0.39, 0.29) is 12.0 Å². The number of nitrogens with one attached hydrogen (secondary N) is 2. The molecule has 2 aromatic rings. The number of aromatic nitrogens is 1. The first-order chi connectivity index (χ1) is 9.61. The molecule has 1 atom stereocenters. The van der Waals surface area contributed by atoms with E-state index in [0.29, 0.717) is 19.4 Å². The number of amides is 1. The molecule has 0 bridgehead atoms. The maximum atomic E-state index is 12.0. The summed E-state index contributed by atoms with van der Waals surface area (Å²) in [5, 5.41) is 13.4. The molecule has 0 aliphatic rings. The number of carbonyl (C=O) groups is 1. The second kappa shape index (κ2) is 6.57. The van der Waals surface area contributed by atoms with E-state index in [9.17, 15) is 9.90 Å². The first-order valence-electron chi connectivity index (χ1n) is 7.12. The van der Waals surface area contributed by atoms with Crippen molar-refractivity contribution in [1.29, 1.82) is 0 Å². The molecule has 4 heteroatoms. The van der Waals surface area contributed by atoms with Crippen LogP contribution in [0.25, 0.3) is 10.9 Å². The summed E-state index contributed by atoms with van der Waals surface area (Å²) >= 11 is 0. The van der Waals surface area contributed by atoms with E-state index in [1.807, 2.05) is 38.1 Å². The molecule has 1 unspecified atom stereocenters. The van der Waals surface area contributed by atoms with Gasteiger partial charge in [-0.05, 0) is 31.4 Å². The predicted molar refractivity (Wildman–Crippen MR) is 80.7 cm³/mol. The van der Waals surface area contributed by atoms with Crippen LogP contribution in [0.3, 0.4) is 0 Å². The quantitative estimate of drug-likeness (QED) is 0.756. The Morgan fingerprint density at radius 1 is 1.40 bits per heavy atom. The van der Waals surface area contributed by atoms with Crippen molar-refractivity contribution in [2.75, 3.05) is 6.54 Å². The second-order valence-corrected chi connectivity index (χ2v) is 5.15. The first kappa shape index (κ1) is 14.6. The van der Waals surface area contributed by atoms with Crippen molar-refractivity contribution in [2.45, 2.75) is 39.2 Å². The fourth-order valence-electron chi connectivity index (χ4n) is 2.37. The van der Waals surface area contributed by atoms with Gasteiger partial charge in [0.15, 0.2) is 0 Å². The van der Waals surface area contributed by atoms with Gasteiger partial charge in [-0.15, -0.1) is 0 Å².